The standard InChI is InChI=1S/C6H8O2S/c1-5-3-4-8-6(5)9(2)7/h3-4H,1-2H3. The van der Waals surface area contributed by atoms with Crippen LogP contribution in [0.1, 0.15) is 5.56 Å². The largest absolute Gasteiger partial charge is 0.609 e. The Bertz CT molecular complexity index is 193. The summed E-state index contributed by atoms with van der Waals surface area (Å²) in [5, 5.41) is 0.579. The van der Waals surface area contributed by atoms with Gasteiger partial charge < -0.3 is 8.97 Å². The summed E-state index contributed by atoms with van der Waals surface area (Å²) in [6.07, 6.45) is 3.15. The number of furan rings is 1. The van der Waals surface area contributed by atoms with Gasteiger partial charge in [0.2, 0.25) is 0 Å². The molecule has 0 spiro atoms. The average molecular weight is 144 g/mol. The third-order valence-electron chi connectivity index (χ3n) is 1.08. The lowest BCUT2D eigenvalue weighted by atomic mass is 10.4. The number of aryl methyl sites for hydroxylation is 1. The van der Waals surface area contributed by atoms with Gasteiger partial charge in [-0.15, -0.1) is 0 Å². The van der Waals surface area contributed by atoms with Crippen LogP contribution >= 0.6 is 0 Å². The molecule has 0 aliphatic heterocycles. The van der Waals surface area contributed by atoms with Gasteiger partial charge in [-0.3, -0.25) is 0 Å². The summed E-state index contributed by atoms with van der Waals surface area (Å²) in [4.78, 5) is 0. The SMILES string of the molecule is Cc1ccoc1[S+](C)[O-]. The molecule has 9 heavy (non-hydrogen) atoms. The van der Waals surface area contributed by atoms with E-state index in [1.165, 1.54) is 0 Å². The minimum atomic E-state index is -0.976. The van der Waals surface area contributed by atoms with Gasteiger partial charge in [0.05, 0.1) is 6.26 Å². The lowest BCUT2D eigenvalue weighted by Gasteiger charge is -1.98. The molecule has 0 fully saturated rings. The summed E-state index contributed by atoms with van der Waals surface area (Å²) in [6.45, 7) is 1.88. The normalized spacial score (nSPS) is 13.7. The lowest BCUT2D eigenvalue weighted by molar-refractivity contribution is 0.448. The highest BCUT2D eigenvalue weighted by atomic mass is 32.2. The van der Waals surface area contributed by atoms with Crippen molar-refractivity contribution in [2.75, 3.05) is 6.26 Å². The Morgan fingerprint density at radius 1 is 1.67 bits per heavy atom. The molecule has 3 heteroatoms. The first-order chi connectivity index (χ1) is 4.22. The van der Waals surface area contributed by atoms with Gasteiger partial charge in [-0.2, -0.15) is 0 Å². The Morgan fingerprint density at radius 3 is 2.56 bits per heavy atom. The Hall–Kier alpha value is -0.410. The topological polar surface area (TPSA) is 36.2 Å². The third-order valence-corrected chi connectivity index (χ3v) is 2.02. The number of hydrogen-bond donors (Lipinski definition) is 0. The Morgan fingerprint density at radius 2 is 2.33 bits per heavy atom. The molecule has 0 saturated carbocycles. The van der Waals surface area contributed by atoms with E-state index in [4.69, 9.17) is 4.42 Å². The maximum Gasteiger partial charge on any atom is 0.313 e. The van der Waals surface area contributed by atoms with Crippen molar-refractivity contribution in [1.29, 1.82) is 0 Å². The van der Waals surface area contributed by atoms with E-state index < -0.39 is 11.2 Å². The van der Waals surface area contributed by atoms with E-state index in [1.54, 1.807) is 18.6 Å². The molecule has 0 aliphatic rings. The molecular formula is C6H8O2S. The molecule has 1 heterocycles. The van der Waals surface area contributed by atoms with E-state index in [2.05, 4.69) is 0 Å². The summed E-state index contributed by atoms with van der Waals surface area (Å²) in [7, 11) is 0. The van der Waals surface area contributed by atoms with Gasteiger partial charge >= 0.3 is 5.09 Å². The molecule has 0 N–H and O–H groups in total. The zero-order valence-corrected chi connectivity index (χ0v) is 6.20. The molecule has 0 aromatic carbocycles. The lowest BCUT2D eigenvalue weighted by Crippen LogP contribution is -1.96. The molecule has 0 aliphatic carbocycles. The van der Waals surface area contributed by atoms with Crippen molar-refractivity contribution in [3.63, 3.8) is 0 Å². The molecule has 2 nitrogen and oxygen atoms in total. The summed E-state index contributed by atoms with van der Waals surface area (Å²) in [5.74, 6) is 0. The summed E-state index contributed by atoms with van der Waals surface area (Å²) >= 11 is -0.976. The van der Waals surface area contributed by atoms with Crippen LogP contribution in [0.25, 0.3) is 0 Å². The predicted molar refractivity (Wildman–Crippen MR) is 35.8 cm³/mol. The van der Waals surface area contributed by atoms with Crippen LogP contribution in [0.3, 0.4) is 0 Å². The van der Waals surface area contributed by atoms with Crippen molar-refractivity contribution in [3.8, 4) is 0 Å². The van der Waals surface area contributed by atoms with Crippen molar-refractivity contribution in [2.45, 2.75) is 12.0 Å². The molecular weight excluding hydrogens is 136 g/mol. The summed E-state index contributed by atoms with van der Waals surface area (Å²) < 4.78 is 15.7. The smallest absolute Gasteiger partial charge is 0.313 e. The van der Waals surface area contributed by atoms with Gasteiger partial charge in [0.25, 0.3) is 0 Å². The average Bonchev–Trinajstić information content (AvgIpc) is 2.13. The number of hydrogen-bond acceptors (Lipinski definition) is 2. The first-order valence-electron chi connectivity index (χ1n) is 2.59. The van der Waals surface area contributed by atoms with E-state index in [0.717, 1.165) is 5.56 Å². The van der Waals surface area contributed by atoms with Crippen LogP contribution in [0.5, 0.6) is 0 Å². The van der Waals surface area contributed by atoms with Gasteiger partial charge in [-0.25, -0.2) is 0 Å². The van der Waals surface area contributed by atoms with Gasteiger partial charge in [-0.05, 0) is 13.0 Å². The Balaban J connectivity index is 2.94. The second-order valence-corrected chi connectivity index (χ2v) is 3.12. The van der Waals surface area contributed by atoms with E-state index in [-0.39, 0.29) is 0 Å². The van der Waals surface area contributed by atoms with Crippen molar-refractivity contribution in [2.24, 2.45) is 0 Å². The summed E-state index contributed by atoms with van der Waals surface area (Å²) in [5.41, 5.74) is 0.954. The van der Waals surface area contributed by atoms with Crippen molar-refractivity contribution in [1.82, 2.24) is 0 Å². The summed E-state index contributed by atoms with van der Waals surface area (Å²) in [6, 6.07) is 1.80. The number of rotatable bonds is 1. The second-order valence-electron chi connectivity index (χ2n) is 1.85. The maximum atomic E-state index is 10.7. The Labute approximate surface area is 57.1 Å². The van der Waals surface area contributed by atoms with Gasteiger partial charge in [0, 0.05) is 16.7 Å². The highest BCUT2D eigenvalue weighted by Gasteiger charge is 2.10. The van der Waals surface area contributed by atoms with Crippen molar-refractivity contribution in [3.05, 3.63) is 17.9 Å². The fourth-order valence-electron chi connectivity index (χ4n) is 0.653. The van der Waals surface area contributed by atoms with Gasteiger partial charge in [0.1, 0.15) is 6.26 Å². The van der Waals surface area contributed by atoms with E-state index in [9.17, 15) is 4.55 Å². The molecule has 1 aromatic rings. The molecule has 50 valence electrons. The fourth-order valence-corrected chi connectivity index (χ4v) is 1.37. The highest BCUT2D eigenvalue weighted by Crippen LogP contribution is 2.14. The quantitative estimate of drug-likeness (QED) is 0.557. The molecule has 1 rings (SSSR count). The first kappa shape index (κ1) is 6.71. The molecule has 0 amide bonds. The van der Waals surface area contributed by atoms with E-state index in [1.807, 2.05) is 6.92 Å². The second kappa shape index (κ2) is 2.45. The third kappa shape index (κ3) is 1.28. The predicted octanol–water partition coefficient (Wildman–Crippen LogP) is 1.33. The van der Waals surface area contributed by atoms with Gasteiger partial charge in [0.15, 0.2) is 0 Å². The van der Waals surface area contributed by atoms with Gasteiger partial charge in [-0.1, -0.05) is 0 Å². The van der Waals surface area contributed by atoms with Crippen molar-refractivity contribution >= 4 is 11.2 Å². The van der Waals surface area contributed by atoms with Crippen LogP contribution in [-0.2, 0) is 11.2 Å². The van der Waals surface area contributed by atoms with Crippen LogP contribution in [-0.4, -0.2) is 10.8 Å². The maximum absolute atomic E-state index is 10.7. The van der Waals surface area contributed by atoms with E-state index in [0.29, 0.717) is 5.09 Å². The highest BCUT2D eigenvalue weighted by molar-refractivity contribution is 7.90. The molecule has 0 radical (unpaired) electrons. The molecule has 0 bridgehead atoms. The van der Waals surface area contributed by atoms with Crippen molar-refractivity contribution < 1.29 is 8.97 Å². The minimum absolute atomic E-state index is 0.579. The van der Waals surface area contributed by atoms with Crippen LogP contribution in [0.4, 0.5) is 0 Å². The molecule has 1 unspecified atom stereocenters. The molecule has 1 atom stereocenters. The minimum Gasteiger partial charge on any atom is -0.609 e. The Kier molecular flexibility index (Phi) is 1.83. The van der Waals surface area contributed by atoms with Crippen LogP contribution in [0, 0.1) is 6.92 Å². The van der Waals surface area contributed by atoms with E-state index >= 15 is 0 Å². The zero-order chi connectivity index (χ0) is 6.85. The fraction of sp³-hybridized carbons (Fsp3) is 0.333. The van der Waals surface area contributed by atoms with Crippen LogP contribution in [0.15, 0.2) is 21.8 Å². The first-order valence-corrected chi connectivity index (χ1v) is 4.15. The molecule has 0 saturated heterocycles. The zero-order valence-electron chi connectivity index (χ0n) is 5.38. The van der Waals surface area contributed by atoms with Crippen LogP contribution in [0.2, 0.25) is 0 Å². The molecule has 1 aromatic heterocycles. The monoisotopic (exact) mass is 144 g/mol. The van der Waals surface area contributed by atoms with Crippen LogP contribution < -0.4 is 0 Å².